The molecule has 1 aromatic rings. The number of amides is 2. The van der Waals surface area contributed by atoms with Crippen LogP contribution in [0.4, 0.5) is 4.79 Å². The molecule has 6 nitrogen and oxygen atoms in total. The Labute approximate surface area is 156 Å². The molecule has 0 radical (unpaired) electrons. The molecule has 0 aromatic heterocycles. The lowest BCUT2D eigenvalue weighted by atomic mass is 10.1. The van der Waals surface area contributed by atoms with E-state index in [9.17, 15) is 19.5 Å². The Kier molecular flexibility index (Phi) is 6.13. The van der Waals surface area contributed by atoms with Gasteiger partial charge in [-0.1, -0.05) is 11.6 Å². The number of rotatable bonds is 4. The predicted octanol–water partition coefficient (Wildman–Crippen LogP) is 3.24. The van der Waals surface area contributed by atoms with Gasteiger partial charge in [-0.25, -0.2) is 9.59 Å². The maximum atomic E-state index is 12.7. The SMILES string of the molecule is CC(CS)C(=O)[N@@+]1(C(=O)O)C[C@H](OC(=O)c2ccc(Cl)cc2)C[C@H]1C. The van der Waals surface area contributed by atoms with Gasteiger partial charge in [-0.05, 0) is 38.1 Å². The second-order valence-electron chi connectivity index (χ2n) is 6.37. The number of quaternary nitrogens is 1. The molecule has 0 bridgehead atoms. The molecule has 2 amide bonds. The average molecular weight is 387 g/mol. The molecule has 1 fully saturated rings. The standard InChI is InChI=1S/C17H20ClNO5S/c1-10(9-25)15(20)19(17(22)23)8-14(7-11(19)2)24-16(21)12-3-5-13(18)6-4-12/h3-6,10-11,14H,7-9H2,1-2H3,(H-,22,23,25)/p+1/t10?,11-,14-,19-/m1/s1. The summed E-state index contributed by atoms with van der Waals surface area (Å²) in [5.74, 6) is -1.23. The summed E-state index contributed by atoms with van der Waals surface area (Å²) in [6.07, 6.45) is -1.57. The lowest BCUT2D eigenvalue weighted by molar-refractivity contribution is -0.795. The second kappa shape index (κ2) is 7.76. The number of carbonyl (C=O) groups is 3. The van der Waals surface area contributed by atoms with Gasteiger partial charge in [0.05, 0.1) is 11.5 Å². The lowest BCUT2D eigenvalue weighted by Crippen LogP contribution is -2.61. The summed E-state index contributed by atoms with van der Waals surface area (Å²) in [6.45, 7) is 3.26. The summed E-state index contributed by atoms with van der Waals surface area (Å²) < 4.78 is 4.71. The third-order valence-corrected chi connectivity index (χ3v) is 5.43. The van der Waals surface area contributed by atoms with Crippen molar-refractivity contribution in [3.63, 3.8) is 0 Å². The second-order valence-corrected chi connectivity index (χ2v) is 7.18. The third kappa shape index (κ3) is 3.83. The van der Waals surface area contributed by atoms with Crippen molar-refractivity contribution in [3.05, 3.63) is 34.9 Å². The fourth-order valence-electron chi connectivity index (χ4n) is 3.17. The zero-order valence-corrected chi connectivity index (χ0v) is 15.7. The Hall–Kier alpha value is -1.57. The number of thiol groups is 1. The molecular formula is C17H21ClNO5S+. The molecular weight excluding hydrogens is 366 g/mol. The zero-order chi connectivity index (χ0) is 18.8. The Morgan fingerprint density at radius 3 is 2.48 bits per heavy atom. The summed E-state index contributed by atoms with van der Waals surface area (Å²) in [4.78, 5) is 36.8. The van der Waals surface area contributed by atoms with Crippen molar-refractivity contribution in [2.75, 3.05) is 12.3 Å². The summed E-state index contributed by atoms with van der Waals surface area (Å²) in [5.41, 5.74) is 0.326. The molecule has 1 heterocycles. The van der Waals surface area contributed by atoms with Crippen molar-refractivity contribution in [1.29, 1.82) is 0 Å². The highest BCUT2D eigenvalue weighted by molar-refractivity contribution is 7.80. The first kappa shape index (κ1) is 19.8. The van der Waals surface area contributed by atoms with Crippen molar-refractivity contribution >= 4 is 42.2 Å². The van der Waals surface area contributed by atoms with Crippen molar-refractivity contribution < 1.29 is 28.7 Å². The fourth-order valence-corrected chi connectivity index (χ4v) is 3.45. The molecule has 1 aliphatic rings. The fraction of sp³-hybridized carbons (Fsp3) is 0.471. The van der Waals surface area contributed by atoms with Gasteiger partial charge in [-0.15, -0.1) is 0 Å². The highest BCUT2D eigenvalue weighted by Gasteiger charge is 2.58. The third-order valence-electron chi connectivity index (χ3n) is 4.63. The number of carboxylic acid groups (broad SMARTS) is 1. The highest BCUT2D eigenvalue weighted by atomic mass is 35.5. The van der Waals surface area contributed by atoms with E-state index >= 15 is 0 Å². The number of hydrogen-bond donors (Lipinski definition) is 2. The van der Waals surface area contributed by atoms with Crippen LogP contribution in [-0.2, 0) is 9.53 Å². The molecule has 0 spiro atoms. The van der Waals surface area contributed by atoms with Crippen molar-refractivity contribution in [2.45, 2.75) is 32.4 Å². The van der Waals surface area contributed by atoms with Gasteiger partial charge in [-0.2, -0.15) is 21.9 Å². The molecule has 1 unspecified atom stereocenters. The first-order chi connectivity index (χ1) is 11.7. The molecule has 0 saturated carbocycles. The first-order valence-corrected chi connectivity index (χ1v) is 8.96. The van der Waals surface area contributed by atoms with Crippen LogP contribution in [0.1, 0.15) is 30.6 Å². The van der Waals surface area contributed by atoms with E-state index in [4.69, 9.17) is 16.3 Å². The minimum Gasteiger partial charge on any atom is -0.452 e. The molecule has 2 rings (SSSR count). The molecule has 4 atom stereocenters. The number of benzene rings is 1. The quantitative estimate of drug-likeness (QED) is 0.471. The van der Waals surface area contributed by atoms with Gasteiger partial charge >= 0.3 is 18.0 Å². The van der Waals surface area contributed by atoms with Crippen molar-refractivity contribution in [3.8, 4) is 0 Å². The van der Waals surface area contributed by atoms with Crippen molar-refractivity contribution in [1.82, 2.24) is 0 Å². The summed E-state index contributed by atoms with van der Waals surface area (Å²) in [5, 5.41) is 10.2. The van der Waals surface area contributed by atoms with Gasteiger partial charge < -0.3 is 9.84 Å². The zero-order valence-electron chi connectivity index (χ0n) is 14.0. The summed E-state index contributed by atoms with van der Waals surface area (Å²) in [7, 11) is 0. The number of halogens is 1. The first-order valence-electron chi connectivity index (χ1n) is 7.95. The van der Waals surface area contributed by atoms with E-state index in [0.717, 1.165) is 0 Å². The van der Waals surface area contributed by atoms with Crippen LogP contribution in [0.15, 0.2) is 24.3 Å². The van der Waals surface area contributed by atoms with Crippen LogP contribution in [0.5, 0.6) is 0 Å². The number of carbonyl (C=O) groups excluding carboxylic acids is 2. The van der Waals surface area contributed by atoms with Gasteiger partial charge in [0, 0.05) is 17.2 Å². The van der Waals surface area contributed by atoms with E-state index in [1.165, 1.54) is 12.1 Å². The minimum atomic E-state index is -1.23. The van der Waals surface area contributed by atoms with Crippen LogP contribution in [0.3, 0.4) is 0 Å². The van der Waals surface area contributed by atoms with Gasteiger partial charge in [-0.3, -0.25) is 0 Å². The Balaban J connectivity index is 2.18. The van der Waals surface area contributed by atoms with Gasteiger partial charge in [0.2, 0.25) is 0 Å². The normalized spacial score (nSPS) is 26.9. The van der Waals surface area contributed by atoms with Crippen molar-refractivity contribution in [2.24, 2.45) is 5.92 Å². The molecule has 25 heavy (non-hydrogen) atoms. The molecule has 0 aliphatic carbocycles. The molecule has 1 aromatic carbocycles. The average Bonchev–Trinajstić information content (AvgIpc) is 2.91. The Bertz CT molecular complexity index is 680. The monoisotopic (exact) mass is 386 g/mol. The number of hydrogen-bond acceptors (Lipinski definition) is 5. The summed E-state index contributed by atoms with van der Waals surface area (Å²) in [6, 6.07) is 5.73. The molecule has 136 valence electrons. The predicted molar refractivity (Wildman–Crippen MR) is 95.9 cm³/mol. The van der Waals surface area contributed by atoms with E-state index in [0.29, 0.717) is 17.0 Å². The summed E-state index contributed by atoms with van der Waals surface area (Å²) >= 11 is 9.89. The highest BCUT2D eigenvalue weighted by Crippen LogP contribution is 2.32. The van der Waals surface area contributed by atoms with E-state index in [1.54, 1.807) is 26.0 Å². The van der Waals surface area contributed by atoms with Crippen LogP contribution in [0.2, 0.25) is 5.02 Å². The van der Waals surface area contributed by atoms with Crippen LogP contribution in [-0.4, -0.2) is 52.0 Å². The van der Waals surface area contributed by atoms with E-state index in [-0.39, 0.29) is 12.3 Å². The van der Waals surface area contributed by atoms with Gasteiger partial charge in [0.25, 0.3) is 0 Å². The maximum absolute atomic E-state index is 12.7. The van der Waals surface area contributed by atoms with Gasteiger partial charge in [0.1, 0.15) is 12.6 Å². The van der Waals surface area contributed by atoms with E-state index < -0.39 is 40.5 Å². The molecule has 8 heteroatoms. The van der Waals surface area contributed by atoms with E-state index in [2.05, 4.69) is 12.6 Å². The lowest BCUT2D eigenvalue weighted by Gasteiger charge is -2.31. The molecule has 1 saturated heterocycles. The van der Waals surface area contributed by atoms with Crippen LogP contribution >= 0.6 is 24.2 Å². The van der Waals surface area contributed by atoms with E-state index in [1.807, 2.05) is 0 Å². The van der Waals surface area contributed by atoms with Crippen LogP contribution < -0.4 is 0 Å². The number of likely N-dealkylation sites (tertiary alicyclic amines) is 1. The maximum Gasteiger partial charge on any atom is 0.521 e. The Morgan fingerprint density at radius 1 is 1.36 bits per heavy atom. The largest absolute Gasteiger partial charge is 0.521 e. The Morgan fingerprint density at radius 2 is 1.96 bits per heavy atom. The molecule has 1 N–H and O–H groups in total. The van der Waals surface area contributed by atoms with Crippen LogP contribution in [0, 0.1) is 5.92 Å². The van der Waals surface area contributed by atoms with Gasteiger partial charge in [0.15, 0.2) is 6.10 Å². The number of ether oxygens (including phenoxy) is 1. The van der Waals surface area contributed by atoms with Crippen LogP contribution in [0.25, 0.3) is 0 Å². The topological polar surface area (TPSA) is 80.7 Å². The number of esters is 1. The molecule has 1 aliphatic heterocycles. The number of imide groups is 1. The number of nitrogens with zero attached hydrogens (tertiary/aromatic N) is 1. The smallest absolute Gasteiger partial charge is 0.452 e. The minimum absolute atomic E-state index is 0.0766.